The predicted octanol–water partition coefficient (Wildman–Crippen LogP) is 2.53. The monoisotopic (exact) mass is 343 g/mol. The minimum atomic E-state index is 0.0688. The highest BCUT2D eigenvalue weighted by atomic mass is 16.5. The number of hydrogen-bond donors (Lipinski definition) is 0. The number of aromatic nitrogens is 2. The predicted molar refractivity (Wildman–Crippen MR) is 91.8 cm³/mol. The van der Waals surface area contributed by atoms with Gasteiger partial charge in [-0.2, -0.15) is 4.98 Å². The van der Waals surface area contributed by atoms with Gasteiger partial charge in [0.2, 0.25) is 17.5 Å². The summed E-state index contributed by atoms with van der Waals surface area (Å²) in [5.41, 5.74) is 0.728. The van der Waals surface area contributed by atoms with Crippen molar-refractivity contribution in [3.8, 4) is 41.0 Å². The summed E-state index contributed by atoms with van der Waals surface area (Å²) in [7, 11) is 4.70. The van der Waals surface area contributed by atoms with Gasteiger partial charge in [-0.25, -0.2) is 0 Å². The van der Waals surface area contributed by atoms with E-state index in [0.29, 0.717) is 35.5 Å². The molecule has 132 valence electrons. The lowest BCUT2D eigenvalue weighted by Crippen LogP contribution is -2.23. The molecule has 1 aromatic carbocycles. The van der Waals surface area contributed by atoms with Crippen molar-refractivity contribution < 1.29 is 18.7 Å². The fourth-order valence-corrected chi connectivity index (χ4v) is 3.11. The van der Waals surface area contributed by atoms with Crippen LogP contribution in [0.3, 0.4) is 0 Å². The normalized spacial score (nSPS) is 17.3. The molecule has 0 radical (unpaired) electrons. The number of benzene rings is 1. The van der Waals surface area contributed by atoms with Crippen LogP contribution in [0.1, 0.15) is 24.8 Å². The number of likely N-dealkylation sites (tertiary alicyclic amines) is 1. The molecule has 7 heteroatoms. The third-order valence-electron chi connectivity index (χ3n) is 4.31. The van der Waals surface area contributed by atoms with E-state index in [9.17, 15) is 0 Å². The molecular weight excluding hydrogens is 322 g/mol. The van der Waals surface area contributed by atoms with Gasteiger partial charge in [-0.1, -0.05) is 11.1 Å². The van der Waals surface area contributed by atoms with E-state index in [4.69, 9.17) is 25.2 Å². The fourth-order valence-electron chi connectivity index (χ4n) is 3.11. The molecule has 1 aromatic heterocycles. The summed E-state index contributed by atoms with van der Waals surface area (Å²) < 4.78 is 21.6. The van der Waals surface area contributed by atoms with Crippen LogP contribution in [0.4, 0.5) is 0 Å². The zero-order chi connectivity index (χ0) is 17.8. The largest absolute Gasteiger partial charge is 0.493 e. The Kier molecular flexibility index (Phi) is 5.10. The first-order chi connectivity index (χ1) is 12.2. The Labute approximate surface area is 146 Å². The SMILES string of the molecule is C#CCN1CCC[C@H]1c1nc(-c2cc(OC)c(OC)c(OC)c2)no1. The molecule has 7 nitrogen and oxygen atoms in total. The smallest absolute Gasteiger partial charge is 0.244 e. The number of hydrogen-bond acceptors (Lipinski definition) is 7. The van der Waals surface area contributed by atoms with Gasteiger partial charge >= 0.3 is 0 Å². The van der Waals surface area contributed by atoms with Gasteiger partial charge in [0, 0.05) is 5.56 Å². The van der Waals surface area contributed by atoms with Gasteiger partial charge < -0.3 is 18.7 Å². The Hall–Kier alpha value is -2.72. The summed E-state index contributed by atoms with van der Waals surface area (Å²) in [6.45, 7) is 1.52. The number of terminal acetylenes is 1. The molecule has 1 aliphatic heterocycles. The van der Waals surface area contributed by atoms with Gasteiger partial charge in [-0.3, -0.25) is 4.90 Å². The second-order valence-corrected chi connectivity index (χ2v) is 5.70. The Bertz CT molecular complexity index is 756. The summed E-state index contributed by atoms with van der Waals surface area (Å²) in [6, 6.07) is 3.66. The van der Waals surface area contributed by atoms with Gasteiger partial charge in [-0.15, -0.1) is 6.42 Å². The first kappa shape index (κ1) is 17.1. The second kappa shape index (κ2) is 7.45. The summed E-state index contributed by atoms with van der Waals surface area (Å²) >= 11 is 0. The molecule has 3 rings (SSSR count). The maximum absolute atomic E-state index is 5.50. The van der Waals surface area contributed by atoms with Crippen molar-refractivity contribution in [2.45, 2.75) is 18.9 Å². The van der Waals surface area contributed by atoms with Gasteiger partial charge in [0.05, 0.1) is 33.9 Å². The highest BCUT2D eigenvalue weighted by Crippen LogP contribution is 2.41. The molecule has 0 saturated carbocycles. The maximum Gasteiger partial charge on any atom is 0.244 e. The van der Waals surface area contributed by atoms with Crippen LogP contribution >= 0.6 is 0 Å². The van der Waals surface area contributed by atoms with Crippen LogP contribution in [-0.2, 0) is 0 Å². The first-order valence-corrected chi connectivity index (χ1v) is 8.03. The highest BCUT2D eigenvalue weighted by Gasteiger charge is 2.30. The first-order valence-electron chi connectivity index (χ1n) is 8.03. The molecule has 0 N–H and O–H groups in total. The van der Waals surface area contributed by atoms with Crippen LogP contribution in [0.25, 0.3) is 11.4 Å². The molecule has 0 bridgehead atoms. The molecule has 2 heterocycles. The molecule has 1 atom stereocenters. The van der Waals surface area contributed by atoms with Crippen molar-refractivity contribution in [2.24, 2.45) is 0 Å². The minimum Gasteiger partial charge on any atom is -0.493 e. The molecule has 1 aliphatic rings. The molecule has 2 aromatic rings. The lowest BCUT2D eigenvalue weighted by Gasteiger charge is -2.17. The zero-order valence-electron chi connectivity index (χ0n) is 14.6. The minimum absolute atomic E-state index is 0.0688. The Balaban J connectivity index is 1.93. The van der Waals surface area contributed by atoms with E-state index >= 15 is 0 Å². The van der Waals surface area contributed by atoms with Gasteiger partial charge in [0.15, 0.2) is 11.5 Å². The van der Waals surface area contributed by atoms with Crippen LogP contribution in [0.15, 0.2) is 16.7 Å². The van der Waals surface area contributed by atoms with E-state index in [2.05, 4.69) is 21.0 Å². The van der Waals surface area contributed by atoms with Crippen LogP contribution in [0.2, 0.25) is 0 Å². The van der Waals surface area contributed by atoms with Crippen molar-refractivity contribution in [1.82, 2.24) is 15.0 Å². The number of methoxy groups -OCH3 is 3. The molecular formula is C18H21N3O4. The Morgan fingerprint density at radius 1 is 1.24 bits per heavy atom. The molecule has 1 saturated heterocycles. The average molecular weight is 343 g/mol. The maximum atomic E-state index is 5.50. The van der Waals surface area contributed by atoms with E-state index in [1.165, 1.54) is 0 Å². The van der Waals surface area contributed by atoms with Crippen molar-refractivity contribution in [3.05, 3.63) is 18.0 Å². The summed E-state index contributed by atoms with van der Waals surface area (Å²) in [5.74, 6) is 5.34. The molecule has 0 aliphatic carbocycles. The van der Waals surface area contributed by atoms with Crippen molar-refractivity contribution >= 4 is 0 Å². The van der Waals surface area contributed by atoms with Crippen LogP contribution in [-0.4, -0.2) is 49.5 Å². The van der Waals surface area contributed by atoms with Gasteiger partial charge in [-0.05, 0) is 31.5 Å². The third-order valence-corrected chi connectivity index (χ3v) is 4.31. The van der Waals surface area contributed by atoms with E-state index in [1.807, 2.05) is 0 Å². The average Bonchev–Trinajstić information content (AvgIpc) is 3.29. The van der Waals surface area contributed by atoms with Crippen LogP contribution in [0, 0.1) is 12.3 Å². The molecule has 0 spiro atoms. The van der Waals surface area contributed by atoms with E-state index in [1.54, 1.807) is 33.5 Å². The molecule has 25 heavy (non-hydrogen) atoms. The van der Waals surface area contributed by atoms with E-state index < -0.39 is 0 Å². The molecule has 0 unspecified atom stereocenters. The highest BCUT2D eigenvalue weighted by molar-refractivity contribution is 5.66. The van der Waals surface area contributed by atoms with Crippen molar-refractivity contribution in [1.29, 1.82) is 0 Å². The Morgan fingerprint density at radius 2 is 1.96 bits per heavy atom. The lowest BCUT2D eigenvalue weighted by molar-refractivity contribution is 0.228. The summed E-state index contributed by atoms with van der Waals surface area (Å²) in [4.78, 5) is 6.73. The number of rotatable bonds is 6. The topological polar surface area (TPSA) is 69.9 Å². The fraction of sp³-hybridized carbons (Fsp3) is 0.444. The summed E-state index contributed by atoms with van der Waals surface area (Å²) in [5, 5.41) is 4.12. The zero-order valence-corrected chi connectivity index (χ0v) is 14.6. The van der Waals surface area contributed by atoms with Crippen LogP contribution in [0.5, 0.6) is 17.2 Å². The van der Waals surface area contributed by atoms with Gasteiger partial charge in [0.1, 0.15) is 0 Å². The Morgan fingerprint density at radius 3 is 2.56 bits per heavy atom. The van der Waals surface area contributed by atoms with Crippen molar-refractivity contribution in [3.63, 3.8) is 0 Å². The number of nitrogens with zero attached hydrogens (tertiary/aromatic N) is 3. The molecule has 1 fully saturated rings. The molecule has 0 amide bonds. The van der Waals surface area contributed by atoms with Crippen LogP contribution < -0.4 is 14.2 Å². The van der Waals surface area contributed by atoms with E-state index in [0.717, 1.165) is 24.9 Å². The quantitative estimate of drug-likeness (QED) is 0.747. The van der Waals surface area contributed by atoms with Crippen molar-refractivity contribution in [2.75, 3.05) is 34.4 Å². The summed E-state index contributed by atoms with van der Waals surface area (Å²) in [6.07, 6.45) is 7.46. The number of ether oxygens (including phenoxy) is 3. The third kappa shape index (κ3) is 3.26. The standard InChI is InChI=1S/C18H21N3O4/c1-5-8-21-9-6-7-13(21)18-19-17(20-25-18)12-10-14(22-2)16(24-4)15(11-12)23-3/h1,10-11,13H,6-9H2,2-4H3/t13-/m0/s1. The lowest BCUT2D eigenvalue weighted by atomic mass is 10.1. The van der Waals surface area contributed by atoms with E-state index in [-0.39, 0.29) is 6.04 Å². The van der Waals surface area contributed by atoms with Gasteiger partial charge in [0.25, 0.3) is 0 Å². The second-order valence-electron chi connectivity index (χ2n) is 5.70.